The lowest BCUT2D eigenvalue weighted by Crippen LogP contribution is -2.27. The van der Waals surface area contributed by atoms with E-state index >= 15 is 4.39 Å². The molecule has 150 valence electrons. The van der Waals surface area contributed by atoms with Gasteiger partial charge in [-0.1, -0.05) is 12.5 Å². The molecule has 1 atom stereocenters. The van der Waals surface area contributed by atoms with Crippen LogP contribution in [0.5, 0.6) is 0 Å². The molecule has 3 aromatic rings. The number of rotatable bonds is 4. The number of benzene rings is 1. The zero-order valence-electron chi connectivity index (χ0n) is 15.8. The van der Waals surface area contributed by atoms with Crippen LogP contribution in [-0.4, -0.2) is 35.9 Å². The highest BCUT2D eigenvalue weighted by Crippen LogP contribution is 2.34. The normalized spacial score (nSPS) is 16.0. The molecule has 29 heavy (non-hydrogen) atoms. The Morgan fingerprint density at radius 2 is 2.17 bits per heavy atom. The van der Waals surface area contributed by atoms with Crippen molar-refractivity contribution < 1.29 is 14.3 Å². The number of aromatic nitrogens is 5. The highest BCUT2D eigenvalue weighted by Gasteiger charge is 2.25. The van der Waals surface area contributed by atoms with Crippen LogP contribution in [0.2, 0.25) is 0 Å². The van der Waals surface area contributed by atoms with Crippen LogP contribution in [0.15, 0.2) is 30.9 Å². The third kappa shape index (κ3) is 4.00. The monoisotopic (exact) mass is 397 g/mol. The van der Waals surface area contributed by atoms with Gasteiger partial charge in [0.25, 0.3) is 0 Å². The fraction of sp³-hybridized carbons (Fsp3) is 0.316. The Hall–Kier alpha value is -3.56. The number of nitrogens with zero attached hydrogens (tertiary/aromatic N) is 5. The Morgan fingerprint density at radius 1 is 1.31 bits per heavy atom. The van der Waals surface area contributed by atoms with Crippen molar-refractivity contribution in [2.24, 2.45) is 7.05 Å². The summed E-state index contributed by atoms with van der Waals surface area (Å²) in [6.45, 7) is 0. The summed E-state index contributed by atoms with van der Waals surface area (Å²) in [4.78, 5) is 23.6. The Bertz CT molecular complexity index is 1050. The van der Waals surface area contributed by atoms with Crippen LogP contribution in [-0.2, 0) is 13.5 Å². The van der Waals surface area contributed by atoms with Crippen LogP contribution in [0.4, 0.5) is 20.8 Å². The highest BCUT2D eigenvalue weighted by molar-refractivity contribution is 5.66. The SMILES string of the molecule is Cn1cc(Nc2ncnc(-c3ccc4c(c3F)CCCC[C@H]4NC(=O)O)n2)cn1. The van der Waals surface area contributed by atoms with Gasteiger partial charge in [0.1, 0.15) is 12.1 Å². The van der Waals surface area contributed by atoms with E-state index in [4.69, 9.17) is 5.11 Å². The lowest BCUT2D eigenvalue weighted by molar-refractivity contribution is 0.189. The largest absolute Gasteiger partial charge is 0.465 e. The third-order valence-electron chi connectivity index (χ3n) is 4.90. The van der Waals surface area contributed by atoms with Gasteiger partial charge in [-0.05, 0) is 36.5 Å². The molecule has 9 nitrogen and oxygen atoms in total. The molecule has 10 heteroatoms. The van der Waals surface area contributed by atoms with Crippen LogP contribution in [0.25, 0.3) is 11.4 Å². The summed E-state index contributed by atoms with van der Waals surface area (Å²) in [6.07, 6.45) is 6.39. The number of halogens is 1. The molecule has 1 aliphatic rings. The zero-order valence-corrected chi connectivity index (χ0v) is 15.8. The van der Waals surface area contributed by atoms with Crippen molar-refractivity contribution in [2.75, 3.05) is 5.32 Å². The first kappa shape index (κ1) is 18.8. The number of carbonyl (C=O) groups is 1. The third-order valence-corrected chi connectivity index (χ3v) is 4.90. The molecule has 0 unspecified atom stereocenters. The van der Waals surface area contributed by atoms with Gasteiger partial charge < -0.3 is 15.7 Å². The number of carboxylic acid groups (broad SMARTS) is 1. The standard InChI is InChI=1S/C19H20FN7O2/c1-27-9-11(8-23-27)24-18-22-10-21-17(26-18)14-7-6-12-13(16(14)20)4-2-3-5-15(12)25-19(28)29/h6-10,15,25H,2-5H2,1H3,(H,28,29)(H,21,22,24,26)/t15-/m1/s1. The van der Waals surface area contributed by atoms with Crippen molar-refractivity contribution in [2.45, 2.75) is 31.7 Å². The minimum Gasteiger partial charge on any atom is -0.465 e. The minimum atomic E-state index is -1.11. The Kier molecular flexibility index (Phi) is 5.07. The number of anilines is 2. The zero-order chi connectivity index (χ0) is 20.4. The molecule has 1 aliphatic carbocycles. The molecule has 3 N–H and O–H groups in total. The first-order valence-corrected chi connectivity index (χ1v) is 9.27. The maximum Gasteiger partial charge on any atom is 0.405 e. The Balaban J connectivity index is 1.68. The molecule has 0 bridgehead atoms. The smallest absolute Gasteiger partial charge is 0.405 e. The maximum atomic E-state index is 15.4. The molecule has 0 saturated carbocycles. The predicted octanol–water partition coefficient (Wildman–Crippen LogP) is 3.19. The second-order valence-corrected chi connectivity index (χ2v) is 6.90. The lowest BCUT2D eigenvalue weighted by Gasteiger charge is -2.19. The lowest BCUT2D eigenvalue weighted by atomic mass is 9.95. The number of aryl methyl sites for hydroxylation is 1. The number of hydrogen-bond donors (Lipinski definition) is 3. The van der Waals surface area contributed by atoms with E-state index in [2.05, 4.69) is 30.7 Å². The summed E-state index contributed by atoms with van der Waals surface area (Å²) < 4.78 is 17.0. The van der Waals surface area contributed by atoms with Crippen molar-refractivity contribution in [1.29, 1.82) is 0 Å². The quantitative estimate of drug-likeness (QED) is 0.579. The summed E-state index contributed by atoms with van der Waals surface area (Å²) in [7, 11) is 1.79. The van der Waals surface area contributed by atoms with E-state index in [1.165, 1.54) is 6.33 Å². The second-order valence-electron chi connectivity index (χ2n) is 6.90. The van der Waals surface area contributed by atoms with E-state index in [-0.39, 0.29) is 17.3 Å². The minimum absolute atomic E-state index is 0.207. The highest BCUT2D eigenvalue weighted by atomic mass is 19.1. The molecule has 0 radical (unpaired) electrons. The summed E-state index contributed by atoms with van der Waals surface area (Å²) >= 11 is 0. The van der Waals surface area contributed by atoms with E-state index in [1.54, 1.807) is 36.3 Å². The number of amides is 1. The van der Waals surface area contributed by atoms with Gasteiger partial charge in [0.05, 0.1) is 23.5 Å². The van der Waals surface area contributed by atoms with Crippen molar-refractivity contribution >= 4 is 17.7 Å². The maximum absolute atomic E-state index is 15.4. The van der Waals surface area contributed by atoms with Gasteiger partial charge in [0.15, 0.2) is 5.82 Å². The van der Waals surface area contributed by atoms with Gasteiger partial charge in [-0.3, -0.25) is 4.68 Å². The number of fused-ring (bicyclic) bond motifs is 1. The molecule has 2 aromatic heterocycles. The molecular weight excluding hydrogens is 377 g/mol. The van der Waals surface area contributed by atoms with Crippen LogP contribution in [0, 0.1) is 5.82 Å². The van der Waals surface area contributed by atoms with Crippen LogP contribution < -0.4 is 10.6 Å². The van der Waals surface area contributed by atoms with Gasteiger partial charge in [0.2, 0.25) is 5.95 Å². The van der Waals surface area contributed by atoms with Crippen LogP contribution in [0.3, 0.4) is 0 Å². The van der Waals surface area contributed by atoms with Gasteiger partial charge in [0, 0.05) is 13.2 Å². The molecule has 1 amide bonds. The van der Waals surface area contributed by atoms with E-state index in [0.29, 0.717) is 29.7 Å². The topological polar surface area (TPSA) is 118 Å². The van der Waals surface area contributed by atoms with Crippen molar-refractivity contribution in [1.82, 2.24) is 30.0 Å². The summed E-state index contributed by atoms with van der Waals surface area (Å²) in [6, 6.07) is 2.94. The molecule has 0 saturated heterocycles. The summed E-state index contributed by atoms with van der Waals surface area (Å²) in [5, 5.41) is 18.7. The van der Waals surface area contributed by atoms with E-state index in [9.17, 15) is 4.79 Å². The molecule has 0 aliphatic heterocycles. The first-order valence-electron chi connectivity index (χ1n) is 9.27. The molecular formula is C19H20FN7O2. The van der Waals surface area contributed by atoms with Gasteiger partial charge in [-0.2, -0.15) is 10.1 Å². The Labute approximate surface area is 166 Å². The number of nitrogens with one attached hydrogen (secondary N) is 2. The van der Waals surface area contributed by atoms with Crippen molar-refractivity contribution in [3.8, 4) is 11.4 Å². The second kappa shape index (κ2) is 7.82. The predicted molar refractivity (Wildman–Crippen MR) is 103 cm³/mol. The number of hydrogen-bond acceptors (Lipinski definition) is 6. The Morgan fingerprint density at radius 3 is 2.93 bits per heavy atom. The van der Waals surface area contributed by atoms with Gasteiger partial charge >= 0.3 is 6.09 Å². The first-order chi connectivity index (χ1) is 14.0. The van der Waals surface area contributed by atoms with Gasteiger partial charge in [-0.25, -0.2) is 19.2 Å². The molecule has 0 fully saturated rings. The van der Waals surface area contributed by atoms with Crippen LogP contribution in [0.1, 0.15) is 36.4 Å². The van der Waals surface area contributed by atoms with Crippen LogP contribution >= 0.6 is 0 Å². The summed E-state index contributed by atoms with van der Waals surface area (Å²) in [5.41, 5.74) is 2.15. The van der Waals surface area contributed by atoms with E-state index in [1.807, 2.05) is 0 Å². The fourth-order valence-corrected chi connectivity index (χ4v) is 3.60. The summed E-state index contributed by atoms with van der Waals surface area (Å²) in [5.74, 6) is 0.0709. The van der Waals surface area contributed by atoms with E-state index in [0.717, 1.165) is 12.8 Å². The fourth-order valence-electron chi connectivity index (χ4n) is 3.60. The van der Waals surface area contributed by atoms with E-state index < -0.39 is 18.0 Å². The van der Waals surface area contributed by atoms with Crippen molar-refractivity contribution in [3.05, 3.63) is 47.8 Å². The van der Waals surface area contributed by atoms with Crippen molar-refractivity contribution in [3.63, 3.8) is 0 Å². The van der Waals surface area contributed by atoms with Gasteiger partial charge in [-0.15, -0.1) is 0 Å². The average Bonchev–Trinajstić information content (AvgIpc) is 2.98. The molecule has 4 rings (SSSR count). The molecule has 2 heterocycles. The molecule has 0 spiro atoms. The average molecular weight is 397 g/mol. The molecule has 1 aromatic carbocycles.